The van der Waals surface area contributed by atoms with E-state index in [9.17, 15) is 0 Å². The van der Waals surface area contributed by atoms with Crippen LogP contribution in [0, 0.1) is 5.92 Å². The molecule has 1 N–H and O–H groups in total. The molecule has 0 amide bonds. The van der Waals surface area contributed by atoms with Gasteiger partial charge in [0.25, 0.3) is 0 Å². The Morgan fingerprint density at radius 2 is 2.26 bits per heavy atom. The minimum Gasteiger partial charge on any atom is -0.481 e. The lowest BCUT2D eigenvalue weighted by atomic mass is 9.98. The molecule has 0 saturated carbocycles. The third kappa shape index (κ3) is 3.67. The molecule has 4 nitrogen and oxygen atoms in total. The van der Waals surface area contributed by atoms with Gasteiger partial charge in [0.05, 0.1) is 12.8 Å². The maximum atomic E-state index is 5.20. The summed E-state index contributed by atoms with van der Waals surface area (Å²) >= 11 is 0. The summed E-state index contributed by atoms with van der Waals surface area (Å²) < 4.78 is 5.20. The van der Waals surface area contributed by atoms with Gasteiger partial charge in [-0.3, -0.25) is 4.90 Å². The molecule has 0 aromatic carbocycles. The summed E-state index contributed by atoms with van der Waals surface area (Å²) in [4.78, 5) is 7.06. The Morgan fingerprint density at radius 3 is 2.95 bits per heavy atom. The van der Waals surface area contributed by atoms with Crippen molar-refractivity contribution in [3.05, 3.63) is 23.9 Å². The molecule has 1 fully saturated rings. The van der Waals surface area contributed by atoms with Gasteiger partial charge in [-0.05, 0) is 18.9 Å². The number of methoxy groups -OCH3 is 1. The van der Waals surface area contributed by atoms with Crippen LogP contribution in [0.1, 0.15) is 26.5 Å². The number of hydrogen-bond acceptors (Lipinski definition) is 4. The van der Waals surface area contributed by atoms with E-state index in [1.54, 1.807) is 7.11 Å². The van der Waals surface area contributed by atoms with Gasteiger partial charge in [0.15, 0.2) is 0 Å². The van der Waals surface area contributed by atoms with Gasteiger partial charge in [-0.2, -0.15) is 0 Å². The Kier molecular flexibility index (Phi) is 4.77. The Balaban J connectivity index is 2.09. The van der Waals surface area contributed by atoms with Crippen LogP contribution in [0.15, 0.2) is 18.2 Å². The lowest BCUT2D eigenvalue weighted by Crippen LogP contribution is -2.56. The minimum atomic E-state index is 0.542. The van der Waals surface area contributed by atoms with E-state index >= 15 is 0 Å². The third-order valence-electron chi connectivity index (χ3n) is 3.78. The number of hydrogen-bond donors (Lipinski definition) is 1. The summed E-state index contributed by atoms with van der Waals surface area (Å²) in [7, 11) is 1.66. The van der Waals surface area contributed by atoms with Gasteiger partial charge in [-0.25, -0.2) is 4.98 Å². The van der Waals surface area contributed by atoms with E-state index in [2.05, 4.69) is 42.0 Å². The highest BCUT2D eigenvalue weighted by Crippen LogP contribution is 2.18. The number of rotatable bonds is 4. The summed E-state index contributed by atoms with van der Waals surface area (Å²) in [5, 5.41) is 3.56. The molecular weight excluding hydrogens is 238 g/mol. The van der Waals surface area contributed by atoms with E-state index in [0.29, 0.717) is 23.9 Å². The van der Waals surface area contributed by atoms with Crippen molar-refractivity contribution in [2.75, 3.05) is 20.2 Å². The molecule has 1 aliphatic heterocycles. The lowest BCUT2D eigenvalue weighted by Gasteiger charge is -2.41. The zero-order valence-corrected chi connectivity index (χ0v) is 12.4. The van der Waals surface area contributed by atoms with Crippen LogP contribution < -0.4 is 10.1 Å². The first-order valence-corrected chi connectivity index (χ1v) is 7.07. The molecule has 1 saturated heterocycles. The van der Waals surface area contributed by atoms with Crippen molar-refractivity contribution >= 4 is 0 Å². The van der Waals surface area contributed by atoms with Crippen LogP contribution in [0.5, 0.6) is 5.88 Å². The molecule has 0 aliphatic carbocycles. The average molecular weight is 263 g/mol. The van der Waals surface area contributed by atoms with Gasteiger partial charge < -0.3 is 10.1 Å². The molecule has 2 rings (SSSR count). The Bertz CT molecular complexity index is 408. The zero-order chi connectivity index (χ0) is 13.8. The molecule has 2 unspecified atom stereocenters. The normalized spacial score (nSPS) is 24.7. The largest absolute Gasteiger partial charge is 0.481 e. The fourth-order valence-corrected chi connectivity index (χ4v) is 2.71. The second kappa shape index (κ2) is 6.35. The first-order chi connectivity index (χ1) is 9.10. The van der Waals surface area contributed by atoms with E-state index in [-0.39, 0.29) is 0 Å². The predicted octanol–water partition coefficient (Wildman–Crippen LogP) is 1.91. The van der Waals surface area contributed by atoms with Crippen molar-refractivity contribution in [3.63, 3.8) is 0 Å². The highest BCUT2D eigenvalue weighted by molar-refractivity contribution is 5.15. The fraction of sp³-hybridized carbons (Fsp3) is 0.667. The van der Waals surface area contributed by atoms with Crippen molar-refractivity contribution in [1.82, 2.24) is 15.2 Å². The van der Waals surface area contributed by atoms with Crippen LogP contribution >= 0.6 is 0 Å². The molecule has 0 spiro atoms. The molecule has 0 radical (unpaired) electrons. The Labute approximate surface area is 116 Å². The van der Waals surface area contributed by atoms with E-state index < -0.39 is 0 Å². The SMILES string of the molecule is COc1cccc(CN2CC(C)NCC2C(C)C)n1. The highest BCUT2D eigenvalue weighted by atomic mass is 16.5. The van der Waals surface area contributed by atoms with E-state index in [4.69, 9.17) is 4.74 Å². The Hall–Kier alpha value is -1.13. The highest BCUT2D eigenvalue weighted by Gasteiger charge is 2.28. The van der Waals surface area contributed by atoms with Gasteiger partial charge in [-0.15, -0.1) is 0 Å². The number of pyridine rings is 1. The minimum absolute atomic E-state index is 0.542. The van der Waals surface area contributed by atoms with Crippen molar-refractivity contribution in [1.29, 1.82) is 0 Å². The number of piperazine rings is 1. The monoisotopic (exact) mass is 263 g/mol. The zero-order valence-electron chi connectivity index (χ0n) is 12.4. The van der Waals surface area contributed by atoms with Crippen LogP contribution in [0.2, 0.25) is 0 Å². The maximum absolute atomic E-state index is 5.20. The molecule has 1 aromatic rings. The smallest absolute Gasteiger partial charge is 0.213 e. The second-order valence-electron chi connectivity index (χ2n) is 5.72. The van der Waals surface area contributed by atoms with E-state index in [1.165, 1.54) is 0 Å². The molecule has 1 aromatic heterocycles. The van der Waals surface area contributed by atoms with Gasteiger partial charge in [0, 0.05) is 37.8 Å². The van der Waals surface area contributed by atoms with Crippen molar-refractivity contribution in [2.45, 2.75) is 39.4 Å². The molecular formula is C15H25N3O. The van der Waals surface area contributed by atoms with Crippen LogP contribution in [0.25, 0.3) is 0 Å². The predicted molar refractivity (Wildman–Crippen MR) is 77.3 cm³/mol. The number of ether oxygens (including phenoxy) is 1. The second-order valence-corrected chi connectivity index (χ2v) is 5.72. The molecule has 1 aliphatic rings. The number of nitrogens with one attached hydrogen (secondary N) is 1. The molecule has 2 atom stereocenters. The quantitative estimate of drug-likeness (QED) is 0.900. The number of aromatic nitrogens is 1. The lowest BCUT2D eigenvalue weighted by molar-refractivity contribution is 0.0941. The van der Waals surface area contributed by atoms with Gasteiger partial charge in [-0.1, -0.05) is 19.9 Å². The molecule has 0 bridgehead atoms. The number of nitrogens with zero attached hydrogens (tertiary/aromatic N) is 2. The van der Waals surface area contributed by atoms with E-state index in [1.807, 2.05) is 12.1 Å². The van der Waals surface area contributed by atoms with E-state index in [0.717, 1.165) is 25.3 Å². The topological polar surface area (TPSA) is 37.4 Å². The molecule has 106 valence electrons. The third-order valence-corrected chi connectivity index (χ3v) is 3.78. The van der Waals surface area contributed by atoms with Crippen LogP contribution in [0.4, 0.5) is 0 Å². The fourth-order valence-electron chi connectivity index (χ4n) is 2.71. The first kappa shape index (κ1) is 14.3. The summed E-state index contributed by atoms with van der Waals surface area (Å²) in [6, 6.07) is 7.10. The summed E-state index contributed by atoms with van der Waals surface area (Å²) in [5.41, 5.74) is 1.08. The summed E-state index contributed by atoms with van der Waals surface area (Å²) in [6.45, 7) is 9.84. The van der Waals surface area contributed by atoms with Gasteiger partial charge in [0.2, 0.25) is 5.88 Å². The summed E-state index contributed by atoms with van der Waals surface area (Å²) in [5.74, 6) is 1.34. The van der Waals surface area contributed by atoms with Crippen molar-refractivity contribution in [3.8, 4) is 5.88 Å². The van der Waals surface area contributed by atoms with Gasteiger partial charge in [0.1, 0.15) is 0 Å². The first-order valence-electron chi connectivity index (χ1n) is 7.07. The van der Waals surface area contributed by atoms with Crippen LogP contribution in [0.3, 0.4) is 0 Å². The van der Waals surface area contributed by atoms with Crippen molar-refractivity contribution < 1.29 is 4.74 Å². The summed E-state index contributed by atoms with van der Waals surface area (Å²) in [6.07, 6.45) is 0. The molecule has 2 heterocycles. The maximum Gasteiger partial charge on any atom is 0.213 e. The van der Waals surface area contributed by atoms with Crippen LogP contribution in [-0.4, -0.2) is 42.2 Å². The van der Waals surface area contributed by atoms with Crippen molar-refractivity contribution in [2.24, 2.45) is 5.92 Å². The average Bonchev–Trinajstić information content (AvgIpc) is 2.38. The molecule has 19 heavy (non-hydrogen) atoms. The van der Waals surface area contributed by atoms with Gasteiger partial charge >= 0.3 is 0 Å². The standard InChI is InChI=1S/C15H25N3O/c1-11(2)14-8-16-12(3)9-18(14)10-13-6-5-7-15(17-13)19-4/h5-7,11-12,14,16H,8-10H2,1-4H3. The molecule has 4 heteroatoms. The Morgan fingerprint density at radius 1 is 1.47 bits per heavy atom. The van der Waals surface area contributed by atoms with Crippen LogP contribution in [-0.2, 0) is 6.54 Å².